The van der Waals surface area contributed by atoms with E-state index in [-0.39, 0.29) is 11.4 Å². The zero-order chi connectivity index (χ0) is 17.8. The summed E-state index contributed by atoms with van der Waals surface area (Å²) in [6.07, 6.45) is 1.52. The topological polar surface area (TPSA) is 126 Å². The molecule has 3 aromatic rings. The van der Waals surface area contributed by atoms with E-state index in [1.807, 2.05) is 0 Å². The third-order valence-corrected chi connectivity index (χ3v) is 3.40. The summed E-state index contributed by atoms with van der Waals surface area (Å²) in [5.41, 5.74) is 3.99. The van der Waals surface area contributed by atoms with Crippen LogP contribution in [0.4, 0.5) is 5.69 Å². The summed E-state index contributed by atoms with van der Waals surface area (Å²) in [5.74, 6) is 0.0432. The highest BCUT2D eigenvalue weighted by Crippen LogP contribution is 2.17. The van der Waals surface area contributed by atoms with Crippen molar-refractivity contribution in [3.05, 3.63) is 70.1 Å². The lowest BCUT2D eigenvalue weighted by atomic mass is 10.1. The fraction of sp³-hybridized carbons (Fsp3) is 0.0625. The lowest BCUT2D eigenvalue weighted by molar-refractivity contribution is -0.384. The van der Waals surface area contributed by atoms with Gasteiger partial charge in [-0.3, -0.25) is 20.0 Å². The number of carbonyl (C=O) groups excluding carboxylic acids is 1. The Morgan fingerprint density at radius 1 is 1.32 bits per heavy atom. The van der Waals surface area contributed by atoms with E-state index in [1.165, 1.54) is 24.5 Å². The maximum atomic E-state index is 12.1. The van der Waals surface area contributed by atoms with E-state index < -0.39 is 10.8 Å². The number of non-ortho nitro benzene ring substituents is 1. The largest absolute Gasteiger partial charge is 0.463 e. The van der Waals surface area contributed by atoms with Gasteiger partial charge in [-0.2, -0.15) is 10.2 Å². The van der Waals surface area contributed by atoms with Gasteiger partial charge in [0.25, 0.3) is 11.6 Å². The normalized spacial score (nSPS) is 11.3. The van der Waals surface area contributed by atoms with Crippen LogP contribution in [0.2, 0.25) is 0 Å². The maximum Gasteiger partial charge on any atom is 0.291 e. The van der Waals surface area contributed by atoms with E-state index in [0.717, 1.165) is 0 Å². The summed E-state index contributed by atoms with van der Waals surface area (Å²) in [7, 11) is 0. The van der Waals surface area contributed by atoms with E-state index in [2.05, 4.69) is 20.7 Å². The van der Waals surface area contributed by atoms with Crippen molar-refractivity contribution >= 4 is 17.3 Å². The van der Waals surface area contributed by atoms with Crippen molar-refractivity contribution < 1.29 is 14.1 Å². The molecule has 3 rings (SSSR count). The second kappa shape index (κ2) is 6.79. The molecule has 2 heterocycles. The summed E-state index contributed by atoms with van der Waals surface area (Å²) in [5, 5.41) is 21.4. The van der Waals surface area contributed by atoms with Crippen LogP contribution in [0.5, 0.6) is 0 Å². The highest BCUT2D eigenvalue weighted by molar-refractivity contribution is 6.01. The van der Waals surface area contributed by atoms with Crippen LogP contribution in [-0.4, -0.2) is 26.7 Å². The second-order valence-electron chi connectivity index (χ2n) is 5.09. The summed E-state index contributed by atoms with van der Waals surface area (Å²) in [4.78, 5) is 22.4. The number of hydrazone groups is 1. The molecule has 0 saturated heterocycles. The fourth-order valence-electron chi connectivity index (χ4n) is 2.10. The average Bonchev–Trinajstić information content (AvgIpc) is 3.30. The third-order valence-electron chi connectivity index (χ3n) is 3.40. The number of nitro benzene ring substituents is 1. The van der Waals surface area contributed by atoms with Gasteiger partial charge in [-0.1, -0.05) is 12.1 Å². The predicted molar refractivity (Wildman–Crippen MR) is 89.1 cm³/mol. The SMILES string of the molecule is CC(=NNC(=O)c1cc(-c2ccco2)[nH]n1)c1cccc([N+](=O)[O-])c1. The Morgan fingerprint density at radius 2 is 2.16 bits per heavy atom. The van der Waals surface area contributed by atoms with Crippen LogP contribution in [0, 0.1) is 10.1 Å². The number of nitrogens with zero attached hydrogens (tertiary/aromatic N) is 3. The van der Waals surface area contributed by atoms with E-state index in [4.69, 9.17) is 4.42 Å². The molecule has 0 fully saturated rings. The first kappa shape index (κ1) is 16.1. The van der Waals surface area contributed by atoms with Crippen LogP contribution in [-0.2, 0) is 0 Å². The van der Waals surface area contributed by atoms with Crippen LogP contribution in [0.3, 0.4) is 0 Å². The quantitative estimate of drug-likeness (QED) is 0.420. The summed E-state index contributed by atoms with van der Waals surface area (Å²) >= 11 is 0. The van der Waals surface area contributed by atoms with Crippen LogP contribution in [0.25, 0.3) is 11.5 Å². The van der Waals surface area contributed by atoms with Gasteiger partial charge in [0.1, 0.15) is 5.69 Å². The molecule has 0 spiro atoms. The Balaban J connectivity index is 1.72. The molecule has 9 heteroatoms. The molecule has 9 nitrogen and oxygen atoms in total. The Bertz CT molecular complexity index is 943. The number of furan rings is 1. The number of hydrogen-bond donors (Lipinski definition) is 2. The molecule has 0 bridgehead atoms. The maximum absolute atomic E-state index is 12.1. The second-order valence-corrected chi connectivity index (χ2v) is 5.09. The molecule has 1 amide bonds. The van der Waals surface area contributed by atoms with E-state index in [0.29, 0.717) is 22.7 Å². The summed E-state index contributed by atoms with van der Waals surface area (Å²) in [6, 6.07) is 11.0. The van der Waals surface area contributed by atoms with Gasteiger partial charge in [0, 0.05) is 23.8 Å². The zero-order valence-electron chi connectivity index (χ0n) is 13.1. The highest BCUT2D eigenvalue weighted by atomic mass is 16.6. The van der Waals surface area contributed by atoms with Gasteiger partial charge in [-0.25, -0.2) is 5.43 Å². The van der Waals surface area contributed by atoms with Crippen molar-refractivity contribution in [1.82, 2.24) is 15.6 Å². The van der Waals surface area contributed by atoms with Crippen molar-refractivity contribution in [2.75, 3.05) is 0 Å². The van der Waals surface area contributed by atoms with Crippen molar-refractivity contribution in [2.45, 2.75) is 6.92 Å². The Kier molecular flexibility index (Phi) is 4.38. The number of hydrogen-bond acceptors (Lipinski definition) is 6. The van der Waals surface area contributed by atoms with E-state index in [9.17, 15) is 14.9 Å². The molecule has 0 aliphatic heterocycles. The minimum atomic E-state index is -0.515. The first-order chi connectivity index (χ1) is 12.0. The van der Waals surface area contributed by atoms with Crippen LogP contribution >= 0.6 is 0 Å². The molecular formula is C16H13N5O4. The molecule has 2 N–H and O–H groups in total. The number of aromatic amines is 1. The van der Waals surface area contributed by atoms with Crippen molar-refractivity contribution in [3.63, 3.8) is 0 Å². The molecule has 0 saturated carbocycles. The standard InChI is InChI=1S/C16H13N5O4/c1-10(11-4-2-5-12(8-11)21(23)24)17-20-16(22)14-9-13(18-19-14)15-6-3-7-25-15/h2-9H,1H3,(H,18,19)(H,20,22). The first-order valence-corrected chi connectivity index (χ1v) is 7.23. The molecule has 2 aromatic heterocycles. The van der Waals surface area contributed by atoms with Crippen molar-refractivity contribution in [2.24, 2.45) is 5.10 Å². The number of nitro groups is 1. The number of aromatic nitrogens is 2. The lowest BCUT2D eigenvalue weighted by Gasteiger charge is -2.01. The minimum Gasteiger partial charge on any atom is -0.463 e. The van der Waals surface area contributed by atoms with Crippen LogP contribution < -0.4 is 5.43 Å². The number of H-pyrrole nitrogens is 1. The molecule has 0 radical (unpaired) electrons. The number of benzene rings is 1. The van der Waals surface area contributed by atoms with Crippen molar-refractivity contribution in [3.8, 4) is 11.5 Å². The summed E-state index contributed by atoms with van der Waals surface area (Å²) < 4.78 is 5.21. The number of carbonyl (C=O) groups is 1. The van der Waals surface area contributed by atoms with Gasteiger partial charge in [0.05, 0.1) is 16.9 Å². The molecule has 0 aliphatic carbocycles. The number of amides is 1. The Morgan fingerprint density at radius 3 is 2.88 bits per heavy atom. The van der Waals surface area contributed by atoms with Crippen LogP contribution in [0.15, 0.2) is 58.2 Å². The fourth-order valence-corrected chi connectivity index (χ4v) is 2.10. The van der Waals surface area contributed by atoms with Gasteiger partial charge in [-0.15, -0.1) is 0 Å². The number of nitrogens with one attached hydrogen (secondary N) is 2. The highest BCUT2D eigenvalue weighted by Gasteiger charge is 2.13. The molecule has 0 aliphatic rings. The monoisotopic (exact) mass is 339 g/mol. The summed E-state index contributed by atoms with van der Waals surface area (Å²) in [6.45, 7) is 1.64. The van der Waals surface area contributed by atoms with Gasteiger partial charge in [-0.05, 0) is 19.1 Å². The van der Waals surface area contributed by atoms with Gasteiger partial charge < -0.3 is 4.42 Å². The minimum absolute atomic E-state index is 0.0474. The Labute approximate surface area is 141 Å². The molecule has 1 aromatic carbocycles. The van der Waals surface area contributed by atoms with Crippen molar-refractivity contribution in [1.29, 1.82) is 0 Å². The average molecular weight is 339 g/mol. The van der Waals surface area contributed by atoms with Gasteiger partial charge in [0.2, 0.25) is 0 Å². The zero-order valence-corrected chi connectivity index (χ0v) is 13.1. The van der Waals surface area contributed by atoms with E-state index in [1.54, 1.807) is 31.2 Å². The third kappa shape index (κ3) is 3.61. The van der Waals surface area contributed by atoms with Gasteiger partial charge >= 0.3 is 0 Å². The Hall–Kier alpha value is -3.75. The molecular weight excluding hydrogens is 326 g/mol. The molecule has 25 heavy (non-hydrogen) atoms. The number of rotatable bonds is 5. The molecule has 126 valence electrons. The first-order valence-electron chi connectivity index (χ1n) is 7.23. The smallest absolute Gasteiger partial charge is 0.291 e. The molecule has 0 atom stereocenters. The predicted octanol–water partition coefficient (Wildman–Crippen LogP) is 2.73. The van der Waals surface area contributed by atoms with E-state index >= 15 is 0 Å². The van der Waals surface area contributed by atoms with Gasteiger partial charge in [0.15, 0.2) is 11.5 Å². The van der Waals surface area contributed by atoms with Crippen LogP contribution in [0.1, 0.15) is 23.0 Å². The molecule has 0 unspecified atom stereocenters. The lowest BCUT2D eigenvalue weighted by Crippen LogP contribution is -2.19.